The molecule has 3 aromatic carbocycles. The van der Waals surface area contributed by atoms with Gasteiger partial charge in [0.25, 0.3) is 5.91 Å². The van der Waals surface area contributed by atoms with Crippen LogP contribution in [0.1, 0.15) is 21.5 Å². The van der Waals surface area contributed by atoms with Gasteiger partial charge in [-0.25, -0.2) is 4.79 Å². The van der Waals surface area contributed by atoms with Crippen molar-refractivity contribution in [1.29, 1.82) is 5.26 Å². The quantitative estimate of drug-likeness (QED) is 0.632. The van der Waals surface area contributed by atoms with Gasteiger partial charge in [0.05, 0.1) is 22.9 Å². The van der Waals surface area contributed by atoms with Crippen LogP contribution in [0.4, 0.5) is 5.69 Å². The Morgan fingerprint density at radius 2 is 1.76 bits per heavy atom. The predicted octanol–water partition coefficient (Wildman–Crippen LogP) is 4.45. The number of para-hydroxylation sites is 2. The van der Waals surface area contributed by atoms with Gasteiger partial charge in [0.1, 0.15) is 5.75 Å². The lowest BCUT2D eigenvalue weighted by molar-refractivity contribution is -0.119. The van der Waals surface area contributed by atoms with Gasteiger partial charge in [0.2, 0.25) is 0 Å². The van der Waals surface area contributed by atoms with E-state index in [0.29, 0.717) is 22.7 Å². The van der Waals surface area contributed by atoms with Gasteiger partial charge in [-0.3, -0.25) is 4.79 Å². The standard InChI is InChI=1S/C23H18N2O4/c1-16-9-11-19(12-10-16)29-21-8-3-2-7-20(21)25-22(26)15-28-23(27)18-6-4-5-17(13-18)14-24/h2-13H,15H2,1H3,(H,25,26). The molecule has 3 rings (SSSR count). The number of ether oxygens (including phenoxy) is 2. The summed E-state index contributed by atoms with van der Waals surface area (Å²) in [7, 11) is 0. The highest BCUT2D eigenvalue weighted by Gasteiger charge is 2.13. The smallest absolute Gasteiger partial charge is 0.338 e. The molecular formula is C23H18N2O4. The van der Waals surface area contributed by atoms with Crippen molar-refractivity contribution < 1.29 is 19.1 Å². The van der Waals surface area contributed by atoms with Gasteiger partial charge in [0, 0.05) is 0 Å². The van der Waals surface area contributed by atoms with E-state index >= 15 is 0 Å². The van der Waals surface area contributed by atoms with E-state index < -0.39 is 18.5 Å². The summed E-state index contributed by atoms with van der Waals surface area (Å²) in [5.41, 5.74) is 2.12. The number of hydrogen-bond acceptors (Lipinski definition) is 5. The molecular weight excluding hydrogens is 368 g/mol. The summed E-state index contributed by atoms with van der Waals surface area (Å²) in [5.74, 6) is -0.0740. The first-order valence-corrected chi connectivity index (χ1v) is 8.86. The molecule has 6 nitrogen and oxygen atoms in total. The largest absolute Gasteiger partial charge is 0.455 e. The molecule has 0 aliphatic carbocycles. The summed E-state index contributed by atoms with van der Waals surface area (Å²) in [5, 5.41) is 11.6. The van der Waals surface area contributed by atoms with Crippen molar-refractivity contribution in [2.45, 2.75) is 6.92 Å². The minimum absolute atomic E-state index is 0.208. The summed E-state index contributed by atoms with van der Waals surface area (Å²) in [6.07, 6.45) is 0. The van der Waals surface area contributed by atoms with Crippen LogP contribution >= 0.6 is 0 Å². The lowest BCUT2D eigenvalue weighted by Crippen LogP contribution is -2.21. The number of amides is 1. The van der Waals surface area contributed by atoms with Gasteiger partial charge in [-0.1, -0.05) is 35.9 Å². The summed E-state index contributed by atoms with van der Waals surface area (Å²) < 4.78 is 10.9. The molecule has 0 radical (unpaired) electrons. The number of nitrogens with one attached hydrogen (secondary N) is 1. The molecule has 0 heterocycles. The first kappa shape index (κ1) is 19.6. The molecule has 1 amide bonds. The number of esters is 1. The van der Waals surface area contributed by atoms with E-state index in [9.17, 15) is 9.59 Å². The van der Waals surface area contributed by atoms with Crippen LogP contribution in [0, 0.1) is 18.3 Å². The Morgan fingerprint density at radius 3 is 2.52 bits per heavy atom. The molecule has 0 aliphatic rings. The van der Waals surface area contributed by atoms with Crippen molar-refractivity contribution >= 4 is 17.6 Å². The minimum Gasteiger partial charge on any atom is -0.455 e. The zero-order valence-corrected chi connectivity index (χ0v) is 15.7. The molecule has 0 spiro atoms. The van der Waals surface area contributed by atoms with Gasteiger partial charge < -0.3 is 14.8 Å². The normalized spacial score (nSPS) is 9.93. The van der Waals surface area contributed by atoms with Crippen LogP contribution < -0.4 is 10.1 Å². The Hall–Kier alpha value is -4.11. The molecule has 0 aliphatic heterocycles. The van der Waals surface area contributed by atoms with E-state index in [-0.39, 0.29) is 5.56 Å². The van der Waals surface area contributed by atoms with Crippen molar-refractivity contribution in [2.24, 2.45) is 0 Å². The van der Waals surface area contributed by atoms with Crippen molar-refractivity contribution in [3.63, 3.8) is 0 Å². The molecule has 0 atom stereocenters. The van der Waals surface area contributed by atoms with E-state index in [1.807, 2.05) is 37.3 Å². The highest BCUT2D eigenvalue weighted by molar-refractivity contribution is 5.96. The summed E-state index contributed by atoms with van der Waals surface area (Å²) in [6, 6.07) is 22.5. The fourth-order valence-corrected chi connectivity index (χ4v) is 2.51. The molecule has 144 valence electrons. The Bertz CT molecular complexity index is 1070. The molecule has 6 heteroatoms. The van der Waals surface area contributed by atoms with Crippen LogP contribution in [-0.2, 0) is 9.53 Å². The Balaban J connectivity index is 1.61. The monoisotopic (exact) mass is 386 g/mol. The van der Waals surface area contributed by atoms with Crippen LogP contribution in [0.15, 0.2) is 72.8 Å². The van der Waals surface area contributed by atoms with Crippen LogP contribution in [0.25, 0.3) is 0 Å². The van der Waals surface area contributed by atoms with Gasteiger partial charge in [0.15, 0.2) is 12.4 Å². The molecule has 0 aromatic heterocycles. The van der Waals surface area contributed by atoms with E-state index in [4.69, 9.17) is 14.7 Å². The second kappa shape index (κ2) is 9.20. The summed E-state index contributed by atoms with van der Waals surface area (Å²) in [6.45, 7) is 1.52. The van der Waals surface area contributed by atoms with E-state index in [2.05, 4.69) is 5.32 Å². The second-order valence-corrected chi connectivity index (χ2v) is 6.23. The van der Waals surface area contributed by atoms with Crippen LogP contribution in [0.3, 0.4) is 0 Å². The van der Waals surface area contributed by atoms with Gasteiger partial charge in [-0.05, 0) is 49.4 Å². The summed E-state index contributed by atoms with van der Waals surface area (Å²) in [4.78, 5) is 24.3. The first-order chi connectivity index (χ1) is 14.0. The third-order valence-corrected chi connectivity index (χ3v) is 3.97. The van der Waals surface area contributed by atoms with Gasteiger partial charge in [-0.2, -0.15) is 5.26 Å². The van der Waals surface area contributed by atoms with Crippen LogP contribution in [0.5, 0.6) is 11.5 Å². The topological polar surface area (TPSA) is 88.4 Å². The molecule has 0 saturated heterocycles. The van der Waals surface area contributed by atoms with Gasteiger partial charge >= 0.3 is 5.97 Å². The second-order valence-electron chi connectivity index (χ2n) is 6.23. The molecule has 0 fully saturated rings. The third kappa shape index (κ3) is 5.44. The number of nitrogens with zero attached hydrogens (tertiary/aromatic N) is 1. The Morgan fingerprint density at radius 1 is 1.00 bits per heavy atom. The van der Waals surface area contributed by atoms with Crippen LogP contribution in [-0.4, -0.2) is 18.5 Å². The summed E-state index contributed by atoms with van der Waals surface area (Å²) >= 11 is 0. The Kier molecular flexibility index (Phi) is 6.23. The number of benzene rings is 3. The average Bonchev–Trinajstić information content (AvgIpc) is 2.75. The van der Waals surface area contributed by atoms with E-state index in [0.717, 1.165) is 5.56 Å². The SMILES string of the molecule is Cc1ccc(Oc2ccccc2NC(=O)COC(=O)c2cccc(C#N)c2)cc1. The fourth-order valence-electron chi connectivity index (χ4n) is 2.51. The zero-order valence-electron chi connectivity index (χ0n) is 15.7. The number of hydrogen-bond donors (Lipinski definition) is 1. The lowest BCUT2D eigenvalue weighted by atomic mass is 10.1. The highest BCUT2D eigenvalue weighted by atomic mass is 16.5. The van der Waals surface area contributed by atoms with Crippen molar-refractivity contribution in [3.8, 4) is 17.6 Å². The molecule has 0 bridgehead atoms. The maximum Gasteiger partial charge on any atom is 0.338 e. The number of carbonyl (C=O) groups excluding carboxylic acids is 2. The van der Waals surface area contributed by atoms with E-state index in [1.165, 1.54) is 12.1 Å². The number of rotatable bonds is 6. The molecule has 3 aromatic rings. The van der Waals surface area contributed by atoms with Crippen molar-refractivity contribution in [2.75, 3.05) is 11.9 Å². The zero-order chi connectivity index (χ0) is 20.6. The highest BCUT2D eigenvalue weighted by Crippen LogP contribution is 2.29. The van der Waals surface area contributed by atoms with Crippen molar-refractivity contribution in [1.82, 2.24) is 0 Å². The Labute approximate surface area is 168 Å². The predicted molar refractivity (Wildman–Crippen MR) is 108 cm³/mol. The van der Waals surface area contributed by atoms with Crippen molar-refractivity contribution in [3.05, 3.63) is 89.5 Å². The maximum absolute atomic E-state index is 12.2. The number of carbonyl (C=O) groups is 2. The third-order valence-electron chi connectivity index (χ3n) is 3.97. The molecule has 29 heavy (non-hydrogen) atoms. The fraction of sp³-hybridized carbons (Fsp3) is 0.0870. The number of aryl methyl sites for hydroxylation is 1. The minimum atomic E-state index is -0.679. The number of anilines is 1. The maximum atomic E-state index is 12.2. The number of nitriles is 1. The van der Waals surface area contributed by atoms with Crippen LogP contribution in [0.2, 0.25) is 0 Å². The van der Waals surface area contributed by atoms with E-state index in [1.54, 1.807) is 36.4 Å². The first-order valence-electron chi connectivity index (χ1n) is 8.86. The molecule has 1 N–H and O–H groups in total. The molecule has 0 saturated carbocycles. The molecule has 0 unspecified atom stereocenters. The average molecular weight is 386 g/mol. The van der Waals surface area contributed by atoms with Gasteiger partial charge in [-0.15, -0.1) is 0 Å². The lowest BCUT2D eigenvalue weighted by Gasteiger charge is -2.12.